The van der Waals surface area contributed by atoms with Gasteiger partial charge in [0.05, 0.1) is 12.1 Å². The number of aromatic nitrogens is 1. The topological polar surface area (TPSA) is 45.2 Å². The van der Waals surface area contributed by atoms with Crippen LogP contribution in [0.4, 0.5) is 0 Å². The van der Waals surface area contributed by atoms with Gasteiger partial charge in [-0.05, 0) is 31.5 Å². The third-order valence-electron chi connectivity index (χ3n) is 3.51. The van der Waals surface area contributed by atoms with E-state index >= 15 is 0 Å². The van der Waals surface area contributed by atoms with E-state index < -0.39 is 0 Å². The minimum atomic E-state index is 0.134. The van der Waals surface area contributed by atoms with Gasteiger partial charge in [-0.1, -0.05) is 28.1 Å². The van der Waals surface area contributed by atoms with Crippen LogP contribution in [-0.2, 0) is 11.3 Å². The van der Waals surface area contributed by atoms with Crippen molar-refractivity contribution in [3.63, 3.8) is 0 Å². The van der Waals surface area contributed by atoms with Crippen LogP contribution in [-0.4, -0.2) is 35.4 Å². The highest BCUT2D eigenvalue weighted by atomic mass is 79.9. The second-order valence-electron chi connectivity index (χ2n) is 4.78. The van der Waals surface area contributed by atoms with Gasteiger partial charge in [0.15, 0.2) is 0 Å². The molecule has 4 nitrogen and oxygen atoms in total. The SMILES string of the molecule is CCN(CC)C(=O)CNCc1ccc(Br)c2cccnc12. The van der Waals surface area contributed by atoms with Crippen LogP contribution in [0, 0.1) is 0 Å². The average Bonchev–Trinajstić information content (AvgIpc) is 2.51. The van der Waals surface area contributed by atoms with Gasteiger partial charge >= 0.3 is 0 Å². The van der Waals surface area contributed by atoms with Crippen LogP contribution in [0.3, 0.4) is 0 Å². The summed E-state index contributed by atoms with van der Waals surface area (Å²) >= 11 is 3.54. The van der Waals surface area contributed by atoms with Gasteiger partial charge in [0.25, 0.3) is 0 Å². The van der Waals surface area contributed by atoms with Gasteiger partial charge in [0.2, 0.25) is 5.91 Å². The molecule has 0 aliphatic carbocycles. The molecule has 21 heavy (non-hydrogen) atoms. The van der Waals surface area contributed by atoms with Crippen molar-refractivity contribution in [1.82, 2.24) is 15.2 Å². The number of carbonyl (C=O) groups is 1. The fourth-order valence-corrected chi connectivity index (χ4v) is 2.78. The number of hydrogen-bond acceptors (Lipinski definition) is 3. The van der Waals surface area contributed by atoms with Crippen LogP contribution < -0.4 is 5.32 Å². The molecule has 0 aliphatic heterocycles. The number of nitrogens with zero attached hydrogens (tertiary/aromatic N) is 2. The maximum absolute atomic E-state index is 12.0. The number of rotatable bonds is 6. The van der Waals surface area contributed by atoms with Crippen LogP contribution in [0.15, 0.2) is 34.9 Å². The Morgan fingerprint density at radius 1 is 1.29 bits per heavy atom. The summed E-state index contributed by atoms with van der Waals surface area (Å²) in [6, 6.07) is 8.02. The standard InChI is InChI=1S/C16H20BrN3O/c1-3-20(4-2)15(21)11-18-10-12-7-8-14(17)13-6-5-9-19-16(12)13/h5-9,18H,3-4,10-11H2,1-2H3. The molecule has 0 saturated carbocycles. The molecule has 0 unspecified atom stereocenters. The van der Waals surface area contributed by atoms with Crippen molar-refractivity contribution in [1.29, 1.82) is 0 Å². The Bertz CT molecular complexity index is 626. The van der Waals surface area contributed by atoms with E-state index in [1.54, 1.807) is 6.20 Å². The fraction of sp³-hybridized carbons (Fsp3) is 0.375. The number of carbonyl (C=O) groups excluding carboxylic acids is 1. The Kier molecular flexibility index (Phi) is 5.70. The lowest BCUT2D eigenvalue weighted by atomic mass is 10.1. The average molecular weight is 350 g/mol. The van der Waals surface area contributed by atoms with Gasteiger partial charge in [0, 0.05) is 35.7 Å². The molecule has 1 N–H and O–H groups in total. The molecule has 2 rings (SSSR count). The highest BCUT2D eigenvalue weighted by Crippen LogP contribution is 2.24. The fourth-order valence-electron chi connectivity index (χ4n) is 2.33. The van der Waals surface area contributed by atoms with Crippen molar-refractivity contribution in [2.24, 2.45) is 0 Å². The van der Waals surface area contributed by atoms with Crippen LogP contribution in [0.1, 0.15) is 19.4 Å². The summed E-state index contributed by atoms with van der Waals surface area (Å²) in [4.78, 5) is 18.2. The van der Waals surface area contributed by atoms with E-state index in [-0.39, 0.29) is 5.91 Å². The van der Waals surface area contributed by atoms with E-state index in [9.17, 15) is 4.79 Å². The Morgan fingerprint density at radius 2 is 2.05 bits per heavy atom. The Labute approximate surface area is 133 Å². The number of amides is 1. The molecular formula is C16H20BrN3O. The molecule has 5 heteroatoms. The molecule has 112 valence electrons. The summed E-state index contributed by atoms with van der Waals surface area (Å²) < 4.78 is 1.04. The number of benzene rings is 1. The summed E-state index contributed by atoms with van der Waals surface area (Å²) in [6.07, 6.45) is 1.79. The van der Waals surface area contributed by atoms with E-state index in [2.05, 4.69) is 26.2 Å². The van der Waals surface area contributed by atoms with E-state index in [0.29, 0.717) is 13.1 Å². The number of nitrogens with one attached hydrogen (secondary N) is 1. The predicted octanol–water partition coefficient (Wildman–Crippen LogP) is 2.96. The first-order valence-corrected chi connectivity index (χ1v) is 7.97. The number of pyridine rings is 1. The predicted molar refractivity (Wildman–Crippen MR) is 89.1 cm³/mol. The zero-order valence-corrected chi connectivity index (χ0v) is 14.0. The minimum absolute atomic E-state index is 0.134. The van der Waals surface area contributed by atoms with Crippen molar-refractivity contribution in [2.45, 2.75) is 20.4 Å². The van der Waals surface area contributed by atoms with Crippen molar-refractivity contribution in [3.05, 3.63) is 40.5 Å². The maximum atomic E-state index is 12.0. The number of hydrogen-bond donors (Lipinski definition) is 1. The Balaban J connectivity index is 2.05. The number of likely N-dealkylation sites (N-methyl/N-ethyl adjacent to an activating group) is 1. The van der Waals surface area contributed by atoms with Gasteiger partial charge in [-0.25, -0.2) is 0 Å². The quantitative estimate of drug-likeness (QED) is 0.871. The summed E-state index contributed by atoms with van der Waals surface area (Å²) in [5.74, 6) is 0.134. The zero-order chi connectivity index (χ0) is 15.2. The van der Waals surface area contributed by atoms with E-state index in [4.69, 9.17) is 0 Å². The Hall–Kier alpha value is -1.46. The summed E-state index contributed by atoms with van der Waals surface area (Å²) in [7, 11) is 0. The highest BCUT2D eigenvalue weighted by molar-refractivity contribution is 9.10. The Morgan fingerprint density at radius 3 is 2.76 bits per heavy atom. The summed E-state index contributed by atoms with van der Waals surface area (Å²) in [5.41, 5.74) is 2.07. The van der Waals surface area contributed by atoms with Crippen molar-refractivity contribution < 1.29 is 4.79 Å². The molecule has 0 atom stereocenters. The van der Waals surface area contributed by atoms with Gasteiger partial charge in [0.1, 0.15) is 0 Å². The van der Waals surface area contributed by atoms with Crippen LogP contribution in [0.5, 0.6) is 0 Å². The lowest BCUT2D eigenvalue weighted by molar-refractivity contribution is -0.129. The second kappa shape index (κ2) is 7.52. The first kappa shape index (κ1) is 15.9. The highest BCUT2D eigenvalue weighted by Gasteiger charge is 2.10. The van der Waals surface area contributed by atoms with E-state index in [0.717, 1.165) is 34.0 Å². The van der Waals surface area contributed by atoms with Gasteiger partial charge in [-0.3, -0.25) is 9.78 Å². The molecule has 2 aromatic rings. The number of halogens is 1. The molecule has 1 aromatic carbocycles. The summed E-state index contributed by atoms with van der Waals surface area (Å²) in [5, 5.41) is 4.31. The molecule has 0 aliphatic rings. The van der Waals surface area contributed by atoms with Gasteiger partial charge in [-0.15, -0.1) is 0 Å². The lowest BCUT2D eigenvalue weighted by Crippen LogP contribution is -2.37. The third kappa shape index (κ3) is 3.80. The third-order valence-corrected chi connectivity index (χ3v) is 4.20. The zero-order valence-electron chi connectivity index (χ0n) is 12.4. The molecule has 0 spiro atoms. The monoisotopic (exact) mass is 349 g/mol. The van der Waals surface area contributed by atoms with Gasteiger partial charge < -0.3 is 10.2 Å². The van der Waals surface area contributed by atoms with Crippen LogP contribution in [0.25, 0.3) is 10.9 Å². The molecule has 1 heterocycles. The largest absolute Gasteiger partial charge is 0.342 e. The molecule has 1 aromatic heterocycles. The molecule has 0 bridgehead atoms. The number of fused-ring (bicyclic) bond motifs is 1. The minimum Gasteiger partial charge on any atom is -0.342 e. The van der Waals surface area contributed by atoms with E-state index in [1.165, 1.54) is 0 Å². The normalized spacial score (nSPS) is 10.8. The van der Waals surface area contributed by atoms with Gasteiger partial charge in [-0.2, -0.15) is 0 Å². The molecule has 1 amide bonds. The molecule has 0 radical (unpaired) electrons. The first-order valence-electron chi connectivity index (χ1n) is 7.18. The van der Waals surface area contributed by atoms with Crippen molar-refractivity contribution >= 4 is 32.7 Å². The van der Waals surface area contributed by atoms with Crippen LogP contribution in [0.2, 0.25) is 0 Å². The second-order valence-corrected chi connectivity index (χ2v) is 5.63. The van der Waals surface area contributed by atoms with Crippen LogP contribution >= 0.6 is 15.9 Å². The lowest BCUT2D eigenvalue weighted by Gasteiger charge is -2.18. The molecular weight excluding hydrogens is 330 g/mol. The smallest absolute Gasteiger partial charge is 0.236 e. The molecule has 0 fully saturated rings. The van der Waals surface area contributed by atoms with Crippen molar-refractivity contribution in [3.8, 4) is 0 Å². The first-order chi connectivity index (χ1) is 10.2. The molecule has 0 saturated heterocycles. The summed E-state index contributed by atoms with van der Waals surface area (Å²) in [6.45, 7) is 6.47. The van der Waals surface area contributed by atoms with Crippen molar-refractivity contribution in [2.75, 3.05) is 19.6 Å². The van der Waals surface area contributed by atoms with E-state index in [1.807, 2.05) is 43.0 Å². The maximum Gasteiger partial charge on any atom is 0.236 e.